The Morgan fingerprint density at radius 1 is 1.22 bits per heavy atom. The van der Waals surface area contributed by atoms with Gasteiger partial charge in [0.15, 0.2) is 5.96 Å². The standard InChI is InChI=1S/C20H30N4O3/c1-4-21-19(24-15-20(2,25)18-6-5-12-27-18)23-14-16-7-9-17(10-8-16)22-11-13-26-3/h5-10,12,22,25H,4,11,13-15H2,1-3H3,(H2,21,23,24). The number of furan rings is 1. The van der Waals surface area contributed by atoms with E-state index in [0.29, 0.717) is 24.9 Å². The lowest BCUT2D eigenvalue weighted by molar-refractivity contribution is 0.0386. The summed E-state index contributed by atoms with van der Waals surface area (Å²) in [5, 5.41) is 20.2. The first-order chi connectivity index (χ1) is 13.0. The Kier molecular flexibility index (Phi) is 8.16. The number of rotatable bonds is 10. The van der Waals surface area contributed by atoms with Crippen molar-refractivity contribution in [3.63, 3.8) is 0 Å². The lowest BCUT2D eigenvalue weighted by Gasteiger charge is -2.22. The molecule has 1 heterocycles. The Morgan fingerprint density at radius 2 is 2.00 bits per heavy atom. The Bertz CT molecular complexity index is 682. The largest absolute Gasteiger partial charge is 0.466 e. The summed E-state index contributed by atoms with van der Waals surface area (Å²) < 4.78 is 10.3. The van der Waals surface area contributed by atoms with Gasteiger partial charge in [0.2, 0.25) is 0 Å². The van der Waals surface area contributed by atoms with Crippen LogP contribution in [0, 0.1) is 0 Å². The van der Waals surface area contributed by atoms with Gasteiger partial charge in [-0.15, -0.1) is 0 Å². The molecule has 2 aromatic rings. The van der Waals surface area contributed by atoms with Crippen molar-refractivity contribution in [1.29, 1.82) is 0 Å². The van der Waals surface area contributed by atoms with Crippen molar-refractivity contribution < 1.29 is 14.3 Å². The van der Waals surface area contributed by atoms with Crippen LogP contribution in [0.1, 0.15) is 25.2 Å². The van der Waals surface area contributed by atoms with Gasteiger partial charge >= 0.3 is 0 Å². The van der Waals surface area contributed by atoms with Crippen LogP contribution in [-0.4, -0.2) is 44.4 Å². The molecule has 0 aliphatic heterocycles. The Morgan fingerprint density at radius 3 is 2.63 bits per heavy atom. The molecule has 0 radical (unpaired) electrons. The monoisotopic (exact) mass is 374 g/mol. The summed E-state index contributed by atoms with van der Waals surface area (Å²) in [6, 6.07) is 11.7. The smallest absolute Gasteiger partial charge is 0.191 e. The third-order valence-electron chi connectivity index (χ3n) is 4.01. The van der Waals surface area contributed by atoms with Crippen LogP contribution < -0.4 is 16.0 Å². The summed E-state index contributed by atoms with van der Waals surface area (Å²) in [5.74, 6) is 1.16. The summed E-state index contributed by atoms with van der Waals surface area (Å²) in [7, 11) is 1.69. The van der Waals surface area contributed by atoms with Crippen LogP contribution in [0.5, 0.6) is 0 Å². The second-order valence-electron chi connectivity index (χ2n) is 6.42. The van der Waals surface area contributed by atoms with E-state index in [9.17, 15) is 5.11 Å². The van der Waals surface area contributed by atoms with Crippen LogP contribution in [0.4, 0.5) is 5.69 Å². The van der Waals surface area contributed by atoms with Gasteiger partial charge in [-0.25, -0.2) is 4.99 Å². The van der Waals surface area contributed by atoms with Crippen LogP contribution in [0.2, 0.25) is 0 Å². The maximum Gasteiger partial charge on any atom is 0.191 e. The van der Waals surface area contributed by atoms with Crippen molar-refractivity contribution in [3.05, 3.63) is 54.0 Å². The maximum absolute atomic E-state index is 10.5. The quantitative estimate of drug-likeness (QED) is 0.290. The fourth-order valence-corrected chi connectivity index (χ4v) is 2.47. The molecule has 4 N–H and O–H groups in total. The van der Waals surface area contributed by atoms with E-state index in [1.165, 1.54) is 0 Å². The SMILES string of the molecule is CCNC(=NCc1ccc(NCCOC)cc1)NCC(C)(O)c1ccco1. The van der Waals surface area contributed by atoms with E-state index >= 15 is 0 Å². The van der Waals surface area contributed by atoms with Gasteiger partial charge in [0, 0.05) is 25.9 Å². The molecule has 27 heavy (non-hydrogen) atoms. The molecule has 0 fully saturated rings. The zero-order valence-corrected chi connectivity index (χ0v) is 16.3. The fourth-order valence-electron chi connectivity index (χ4n) is 2.47. The van der Waals surface area contributed by atoms with Crippen LogP contribution in [0.15, 0.2) is 52.1 Å². The van der Waals surface area contributed by atoms with Crippen molar-refractivity contribution in [3.8, 4) is 0 Å². The maximum atomic E-state index is 10.5. The van der Waals surface area contributed by atoms with E-state index in [1.807, 2.05) is 31.2 Å². The molecule has 0 aliphatic rings. The molecule has 1 atom stereocenters. The molecular weight excluding hydrogens is 344 g/mol. The molecule has 7 nitrogen and oxygen atoms in total. The number of aliphatic hydroxyl groups is 1. The highest BCUT2D eigenvalue weighted by molar-refractivity contribution is 5.79. The van der Waals surface area contributed by atoms with Gasteiger partial charge in [0.1, 0.15) is 11.4 Å². The van der Waals surface area contributed by atoms with Gasteiger partial charge in [-0.05, 0) is 43.7 Å². The van der Waals surface area contributed by atoms with Gasteiger partial charge in [-0.1, -0.05) is 12.1 Å². The van der Waals surface area contributed by atoms with Crippen molar-refractivity contribution >= 4 is 11.6 Å². The minimum Gasteiger partial charge on any atom is -0.466 e. The van der Waals surface area contributed by atoms with E-state index in [0.717, 1.165) is 24.3 Å². The Labute approximate surface area is 160 Å². The van der Waals surface area contributed by atoms with Crippen LogP contribution >= 0.6 is 0 Å². The number of hydrogen-bond acceptors (Lipinski definition) is 5. The fraction of sp³-hybridized carbons (Fsp3) is 0.450. The number of nitrogens with zero attached hydrogens (tertiary/aromatic N) is 1. The molecule has 148 valence electrons. The van der Waals surface area contributed by atoms with E-state index < -0.39 is 5.60 Å². The lowest BCUT2D eigenvalue weighted by Crippen LogP contribution is -2.44. The molecule has 0 saturated carbocycles. The molecule has 7 heteroatoms. The van der Waals surface area contributed by atoms with Gasteiger partial charge < -0.3 is 30.2 Å². The topological polar surface area (TPSA) is 91.1 Å². The highest BCUT2D eigenvalue weighted by Gasteiger charge is 2.26. The number of benzene rings is 1. The first-order valence-corrected chi connectivity index (χ1v) is 9.15. The molecule has 0 aliphatic carbocycles. The van der Waals surface area contributed by atoms with Crippen molar-refractivity contribution in [1.82, 2.24) is 10.6 Å². The number of anilines is 1. The number of aliphatic imine (C=N–C) groups is 1. The van der Waals surface area contributed by atoms with E-state index in [1.54, 1.807) is 32.4 Å². The molecule has 0 amide bonds. The second kappa shape index (κ2) is 10.6. The van der Waals surface area contributed by atoms with Crippen molar-refractivity contribution in [2.45, 2.75) is 26.0 Å². The first-order valence-electron chi connectivity index (χ1n) is 9.15. The molecule has 0 saturated heterocycles. The molecular formula is C20H30N4O3. The minimum absolute atomic E-state index is 0.286. The molecule has 1 aromatic carbocycles. The lowest BCUT2D eigenvalue weighted by atomic mass is 10.0. The summed E-state index contributed by atoms with van der Waals surface area (Å²) >= 11 is 0. The minimum atomic E-state index is -1.12. The van der Waals surface area contributed by atoms with Crippen molar-refractivity contribution in [2.24, 2.45) is 4.99 Å². The molecule has 1 unspecified atom stereocenters. The number of ether oxygens (including phenoxy) is 1. The van der Waals surface area contributed by atoms with Crippen molar-refractivity contribution in [2.75, 3.05) is 38.7 Å². The van der Waals surface area contributed by atoms with Gasteiger partial charge in [0.05, 0.1) is 26.0 Å². The molecule has 1 aromatic heterocycles. The van der Waals surface area contributed by atoms with E-state index in [2.05, 4.69) is 20.9 Å². The Balaban J connectivity index is 1.90. The van der Waals surface area contributed by atoms with Crippen LogP contribution in [0.3, 0.4) is 0 Å². The zero-order chi connectivity index (χ0) is 19.5. The molecule has 0 bridgehead atoms. The predicted octanol–water partition coefficient (Wildman–Crippen LogP) is 2.30. The molecule has 2 rings (SSSR count). The summed E-state index contributed by atoms with van der Waals surface area (Å²) in [6.45, 7) is 6.71. The first kappa shape index (κ1) is 20.8. The summed E-state index contributed by atoms with van der Waals surface area (Å²) in [4.78, 5) is 4.59. The zero-order valence-electron chi connectivity index (χ0n) is 16.3. The van der Waals surface area contributed by atoms with Gasteiger partial charge in [-0.3, -0.25) is 0 Å². The number of guanidine groups is 1. The normalized spacial score (nSPS) is 13.9. The average molecular weight is 374 g/mol. The van der Waals surface area contributed by atoms with Crippen LogP contribution in [-0.2, 0) is 16.9 Å². The number of hydrogen-bond donors (Lipinski definition) is 4. The summed E-state index contributed by atoms with van der Waals surface area (Å²) in [5.41, 5.74) is 1.04. The molecule has 0 spiro atoms. The van der Waals surface area contributed by atoms with Crippen LogP contribution in [0.25, 0.3) is 0 Å². The third-order valence-corrected chi connectivity index (χ3v) is 4.01. The number of nitrogens with one attached hydrogen (secondary N) is 3. The van der Waals surface area contributed by atoms with Gasteiger partial charge in [0.25, 0.3) is 0 Å². The third kappa shape index (κ3) is 6.96. The van der Waals surface area contributed by atoms with E-state index in [-0.39, 0.29) is 6.54 Å². The predicted molar refractivity (Wildman–Crippen MR) is 108 cm³/mol. The second-order valence-corrected chi connectivity index (χ2v) is 6.42. The highest BCUT2D eigenvalue weighted by Crippen LogP contribution is 2.19. The highest BCUT2D eigenvalue weighted by atomic mass is 16.5. The Hall–Kier alpha value is -2.51. The van der Waals surface area contributed by atoms with E-state index in [4.69, 9.17) is 9.15 Å². The number of methoxy groups -OCH3 is 1. The average Bonchev–Trinajstić information content (AvgIpc) is 3.21. The van der Waals surface area contributed by atoms with Gasteiger partial charge in [-0.2, -0.15) is 0 Å². The summed E-state index contributed by atoms with van der Waals surface area (Å²) in [6.07, 6.45) is 1.55.